The summed E-state index contributed by atoms with van der Waals surface area (Å²) in [6.07, 6.45) is 1.98. The summed E-state index contributed by atoms with van der Waals surface area (Å²) in [5, 5.41) is 24.4. The van der Waals surface area contributed by atoms with Gasteiger partial charge in [-0.2, -0.15) is 4.98 Å². The number of aliphatic hydroxyl groups is 1. The van der Waals surface area contributed by atoms with Crippen LogP contribution in [0.1, 0.15) is 34.2 Å². The maximum atomic E-state index is 12.2. The third-order valence-electron chi connectivity index (χ3n) is 8.78. The van der Waals surface area contributed by atoms with Gasteiger partial charge < -0.3 is 34.7 Å². The quantitative estimate of drug-likeness (QED) is 0.121. The summed E-state index contributed by atoms with van der Waals surface area (Å²) in [6.45, 7) is 5.01. The van der Waals surface area contributed by atoms with Crippen LogP contribution < -0.4 is 10.5 Å². The number of hydrogen-bond donors (Lipinski definition) is 3. The van der Waals surface area contributed by atoms with Crippen molar-refractivity contribution in [2.75, 3.05) is 32.9 Å². The van der Waals surface area contributed by atoms with Crippen LogP contribution in [0, 0.1) is 6.92 Å². The van der Waals surface area contributed by atoms with E-state index in [0.29, 0.717) is 48.4 Å². The molecule has 3 heterocycles. The van der Waals surface area contributed by atoms with Crippen molar-refractivity contribution in [3.8, 4) is 28.3 Å². The van der Waals surface area contributed by atoms with Gasteiger partial charge in [0.2, 0.25) is 0 Å². The van der Waals surface area contributed by atoms with E-state index in [4.69, 9.17) is 36.1 Å². The summed E-state index contributed by atoms with van der Waals surface area (Å²) < 4.78 is 24.1. The highest BCUT2D eigenvalue weighted by Gasteiger charge is 2.44. The monoisotopic (exact) mass is 777 g/mol. The number of aliphatic hydroxyl groups excluding tert-OH is 1. The van der Waals surface area contributed by atoms with E-state index >= 15 is 0 Å². The molecule has 1 aliphatic rings. The van der Waals surface area contributed by atoms with Crippen molar-refractivity contribution in [1.29, 1.82) is 0 Å². The highest BCUT2D eigenvalue weighted by atomic mass is 79.9. The molecule has 6 rings (SSSR count). The Kier molecular flexibility index (Phi) is 11.8. The molecular weight excluding hydrogens is 742 g/mol. The highest BCUT2D eigenvalue weighted by molar-refractivity contribution is 9.10. The number of nitrogens with two attached hydrogens (primary N) is 1. The summed E-state index contributed by atoms with van der Waals surface area (Å²) in [6, 6.07) is 20.2. The second kappa shape index (κ2) is 16.4. The van der Waals surface area contributed by atoms with Crippen LogP contribution in [-0.2, 0) is 34.0 Å². The molecule has 14 heteroatoms. The summed E-state index contributed by atoms with van der Waals surface area (Å²) in [5.41, 5.74) is 9.76. The first-order valence-electron chi connectivity index (χ1n) is 16.2. The zero-order valence-corrected chi connectivity index (χ0v) is 30.1. The molecule has 12 nitrogen and oxygen atoms in total. The second-order valence-electron chi connectivity index (χ2n) is 12.2. The molecule has 0 bridgehead atoms. The number of carboxylic acids is 1. The number of halogens is 2. The number of carbonyl (C=O) groups is 1. The maximum Gasteiger partial charge on any atom is 0.329 e. The molecule has 51 heavy (non-hydrogen) atoms. The predicted octanol–water partition coefficient (Wildman–Crippen LogP) is 5.97. The van der Waals surface area contributed by atoms with Gasteiger partial charge in [-0.15, -0.1) is 0 Å². The largest absolute Gasteiger partial charge is 0.487 e. The molecule has 2 aromatic heterocycles. The van der Waals surface area contributed by atoms with Gasteiger partial charge in [0.1, 0.15) is 18.5 Å². The molecule has 2 atom stereocenters. The van der Waals surface area contributed by atoms with Crippen molar-refractivity contribution in [3.63, 3.8) is 0 Å². The number of carboxylic acid groups (broad SMARTS) is 1. The summed E-state index contributed by atoms with van der Waals surface area (Å²) in [4.78, 5) is 23.2. The Labute approximate surface area is 308 Å². The number of aliphatic carboxylic acids is 1. The first-order chi connectivity index (χ1) is 24.7. The summed E-state index contributed by atoms with van der Waals surface area (Å²) in [7, 11) is 0. The van der Waals surface area contributed by atoms with Gasteiger partial charge in [0.25, 0.3) is 5.89 Å². The lowest BCUT2D eigenvalue weighted by Gasteiger charge is -2.32. The van der Waals surface area contributed by atoms with Crippen molar-refractivity contribution in [2.24, 2.45) is 5.73 Å². The molecule has 4 N–H and O–H groups in total. The zero-order chi connectivity index (χ0) is 36.0. The fourth-order valence-corrected chi connectivity index (χ4v) is 6.70. The molecule has 1 fully saturated rings. The fraction of sp³-hybridized carbons (Fsp3) is 0.297. The van der Waals surface area contributed by atoms with Crippen LogP contribution in [0.4, 0.5) is 0 Å². The van der Waals surface area contributed by atoms with E-state index in [-0.39, 0.29) is 18.2 Å². The Morgan fingerprint density at radius 2 is 1.84 bits per heavy atom. The SMILES string of the molecule is Cc1c(-c2nc(CN3CCOCC3)no2)cccc1-c1cccc(COc2ccc(C(OCc3cccnc3)[C@](N)(CO)C(=O)O)cc2Cl)c1Br. The topological polar surface area (TPSA) is 166 Å². The van der Waals surface area contributed by atoms with E-state index in [0.717, 1.165) is 45.4 Å². The molecule has 0 amide bonds. The van der Waals surface area contributed by atoms with Gasteiger partial charge in [0.05, 0.1) is 38.0 Å². The molecule has 0 spiro atoms. The second-order valence-corrected chi connectivity index (χ2v) is 13.4. The Morgan fingerprint density at radius 3 is 2.57 bits per heavy atom. The number of hydrogen-bond acceptors (Lipinski definition) is 11. The van der Waals surface area contributed by atoms with E-state index in [1.807, 2.05) is 43.3 Å². The average Bonchev–Trinajstić information content (AvgIpc) is 3.60. The number of morpholine rings is 1. The maximum absolute atomic E-state index is 12.2. The van der Waals surface area contributed by atoms with E-state index in [1.165, 1.54) is 6.07 Å². The van der Waals surface area contributed by atoms with Crippen molar-refractivity contribution < 1.29 is 33.7 Å². The van der Waals surface area contributed by atoms with E-state index in [2.05, 4.69) is 36.0 Å². The van der Waals surface area contributed by atoms with E-state index < -0.39 is 24.2 Å². The molecule has 1 unspecified atom stereocenters. The minimum Gasteiger partial charge on any atom is -0.487 e. The van der Waals surface area contributed by atoms with Crippen LogP contribution in [0.3, 0.4) is 0 Å². The van der Waals surface area contributed by atoms with Gasteiger partial charge in [-0.1, -0.05) is 59.2 Å². The van der Waals surface area contributed by atoms with Crippen LogP contribution in [0.2, 0.25) is 5.02 Å². The van der Waals surface area contributed by atoms with Crippen LogP contribution in [0.15, 0.2) is 88.1 Å². The van der Waals surface area contributed by atoms with Gasteiger partial charge in [-0.3, -0.25) is 14.7 Å². The van der Waals surface area contributed by atoms with Crippen LogP contribution in [0.25, 0.3) is 22.6 Å². The Bertz CT molecular complexity index is 1970. The number of nitrogens with zero attached hydrogens (tertiary/aromatic N) is 4. The van der Waals surface area contributed by atoms with Gasteiger partial charge in [-0.25, -0.2) is 0 Å². The molecule has 0 aliphatic carbocycles. The predicted molar refractivity (Wildman–Crippen MR) is 193 cm³/mol. The highest BCUT2D eigenvalue weighted by Crippen LogP contribution is 2.38. The van der Waals surface area contributed by atoms with Crippen molar-refractivity contribution in [2.45, 2.75) is 38.3 Å². The van der Waals surface area contributed by atoms with Crippen molar-refractivity contribution >= 4 is 33.5 Å². The van der Waals surface area contributed by atoms with Gasteiger partial charge in [0, 0.05) is 41.1 Å². The van der Waals surface area contributed by atoms with Crippen LogP contribution in [-0.4, -0.2) is 74.7 Å². The Balaban J connectivity index is 1.19. The number of benzene rings is 3. The minimum absolute atomic E-state index is 0.0121. The van der Waals surface area contributed by atoms with Gasteiger partial charge >= 0.3 is 5.97 Å². The standard InChI is InChI=1S/C37H37BrClN5O7/c1-23-27(7-3-8-28(23)35-42-32(43-51-35)19-44-13-15-48-16-14-44)29-9-2-6-26(33(29)38)21-49-31-11-10-25(17-30(31)39)34(37(40,22-45)36(46)47)50-20-24-5-4-12-41-18-24/h2-12,17-18,34,45H,13-16,19-22,40H2,1H3,(H,46,47)/t34?,37-/m1/s1. The third kappa shape index (κ3) is 8.31. The molecule has 5 aromatic rings. The first kappa shape index (κ1) is 36.6. The normalized spacial score (nSPS) is 15.3. The minimum atomic E-state index is -2.14. The lowest BCUT2D eigenvalue weighted by atomic mass is 9.89. The van der Waals surface area contributed by atoms with Crippen LogP contribution in [0.5, 0.6) is 5.75 Å². The molecule has 0 saturated carbocycles. The van der Waals surface area contributed by atoms with Crippen molar-refractivity contribution in [3.05, 3.63) is 117 Å². The molecule has 1 saturated heterocycles. The zero-order valence-electron chi connectivity index (χ0n) is 27.8. The molecular formula is C37H37BrClN5O7. The number of pyridine rings is 1. The van der Waals surface area contributed by atoms with Gasteiger partial charge in [-0.05, 0) is 74.9 Å². The third-order valence-corrected chi connectivity index (χ3v) is 10.0. The Hall–Kier alpha value is -4.21. The number of rotatable bonds is 14. The molecule has 3 aromatic carbocycles. The van der Waals surface area contributed by atoms with E-state index in [1.54, 1.807) is 36.7 Å². The number of aromatic nitrogens is 3. The Morgan fingerprint density at radius 1 is 1.08 bits per heavy atom. The van der Waals surface area contributed by atoms with Crippen LogP contribution >= 0.6 is 27.5 Å². The lowest BCUT2D eigenvalue weighted by Crippen LogP contribution is -2.56. The molecule has 266 valence electrons. The van der Waals surface area contributed by atoms with Crippen molar-refractivity contribution in [1.82, 2.24) is 20.0 Å². The van der Waals surface area contributed by atoms with Gasteiger partial charge in [0.15, 0.2) is 11.4 Å². The molecule has 0 radical (unpaired) electrons. The fourth-order valence-electron chi connectivity index (χ4n) is 5.87. The smallest absolute Gasteiger partial charge is 0.329 e. The lowest BCUT2D eigenvalue weighted by molar-refractivity contribution is -0.154. The number of ether oxygens (including phenoxy) is 3. The average molecular weight is 779 g/mol. The summed E-state index contributed by atoms with van der Waals surface area (Å²) >= 11 is 10.5. The summed E-state index contributed by atoms with van der Waals surface area (Å²) in [5.74, 6) is 0.0428. The van der Waals surface area contributed by atoms with E-state index in [9.17, 15) is 15.0 Å². The first-order valence-corrected chi connectivity index (χ1v) is 17.4. The molecule has 1 aliphatic heterocycles.